The Balaban J connectivity index is 1.40. The second kappa shape index (κ2) is 16.8. The van der Waals surface area contributed by atoms with Crippen LogP contribution in [0.15, 0.2) is 71.0 Å². The first-order chi connectivity index (χ1) is 22.6. The van der Waals surface area contributed by atoms with Gasteiger partial charge in [0.05, 0.1) is 41.7 Å². The Hall–Kier alpha value is -4.57. The van der Waals surface area contributed by atoms with Crippen molar-refractivity contribution in [2.45, 2.75) is 39.6 Å². The summed E-state index contributed by atoms with van der Waals surface area (Å²) < 4.78 is 42.3. The molecule has 1 aliphatic rings. The smallest absolute Gasteiger partial charge is 0.337 e. The maximum absolute atomic E-state index is 13.2. The Morgan fingerprint density at radius 2 is 1.77 bits per heavy atom. The average molecular weight is 763 g/mol. The van der Waals surface area contributed by atoms with E-state index in [0.717, 1.165) is 9.13 Å². The van der Waals surface area contributed by atoms with Crippen LogP contribution in [0.2, 0.25) is 0 Å². The fourth-order valence-corrected chi connectivity index (χ4v) is 5.40. The summed E-state index contributed by atoms with van der Waals surface area (Å²) in [6, 6.07) is 13.4. The molecule has 250 valence electrons. The van der Waals surface area contributed by atoms with Crippen molar-refractivity contribution < 1.29 is 42.8 Å². The number of amides is 2. The number of hydrazone groups is 1. The van der Waals surface area contributed by atoms with Crippen LogP contribution in [-0.2, 0) is 16.1 Å². The number of carbonyl (C=O) groups is 2. The zero-order valence-electron chi connectivity index (χ0n) is 26.3. The van der Waals surface area contributed by atoms with Gasteiger partial charge in [-0.15, -0.1) is 0 Å². The number of rotatable bonds is 15. The SMILES string of the molecule is CCOc1cc([C@H]2NC(=O)NC(C)=C2C(=O)OC)ccc1OC[C@H](O)N/N=C\c1cc(I)c(OCc2ccc(F)cc2)c(OCC)c1. The van der Waals surface area contributed by atoms with E-state index in [1.165, 1.54) is 25.5 Å². The number of allylic oxidation sites excluding steroid dienone is 1. The summed E-state index contributed by atoms with van der Waals surface area (Å²) in [7, 11) is 1.27. The van der Waals surface area contributed by atoms with E-state index in [1.807, 2.05) is 13.0 Å². The normalized spacial score (nSPS) is 15.0. The quantitative estimate of drug-likeness (QED) is 0.0557. The number of carbonyl (C=O) groups excluding carboxylic acids is 2. The molecule has 0 fully saturated rings. The fraction of sp³-hybridized carbons (Fsp3) is 0.303. The molecule has 2 atom stereocenters. The van der Waals surface area contributed by atoms with Crippen LogP contribution in [0.4, 0.5) is 9.18 Å². The first-order valence-electron chi connectivity index (χ1n) is 14.7. The van der Waals surface area contributed by atoms with Crippen molar-refractivity contribution in [2.24, 2.45) is 5.10 Å². The summed E-state index contributed by atoms with van der Waals surface area (Å²) >= 11 is 2.14. The molecule has 4 rings (SSSR count). The number of esters is 1. The molecule has 0 saturated carbocycles. The van der Waals surface area contributed by atoms with Gasteiger partial charge in [0.2, 0.25) is 0 Å². The number of hydrogen-bond donors (Lipinski definition) is 4. The van der Waals surface area contributed by atoms with Gasteiger partial charge in [-0.25, -0.2) is 14.0 Å². The summed E-state index contributed by atoms with van der Waals surface area (Å²) in [5.41, 5.74) is 5.36. The van der Waals surface area contributed by atoms with Gasteiger partial charge in [-0.1, -0.05) is 18.2 Å². The second-order valence-corrected chi connectivity index (χ2v) is 11.3. The Bertz CT molecular complexity index is 1630. The summed E-state index contributed by atoms with van der Waals surface area (Å²) in [5.74, 6) is 0.881. The minimum absolute atomic E-state index is 0.175. The Labute approximate surface area is 285 Å². The van der Waals surface area contributed by atoms with Crippen LogP contribution < -0.4 is 35.0 Å². The number of aliphatic hydroxyl groups excluding tert-OH is 1. The monoisotopic (exact) mass is 762 g/mol. The van der Waals surface area contributed by atoms with Gasteiger partial charge in [0.15, 0.2) is 29.2 Å². The molecule has 4 N–H and O–H groups in total. The van der Waals surface area contributed by atoms with Crippen molar-refractivity contribution in [1.82, 2.24) is 16.1 Å². The predicted molar refractivity (Wildman–Crippen MR) is 180 cm³/mol. The number of halogens is 2. The van der Waals surface area contributed by atoms with E-state index in [-0.39, 0.29) is 24.6 Å². The molecule has 0 aromatic heterocycles. The maximum atomic E-state index is 13.2. The van der Waals surface area contributed by atoms with Crippen molar-refractivity contribution in [3.63, 3.8) is 0 Å². The number of nitrogens with zero attached hydrogens (tertiary/aromatic N) is 1. The predicted octanol–water partition coefficient (Wildman–Crippen LogP) is 4.93. The Morgan fingerprint density at radius 1 is 1.04 bits per heavy atom. The van der Waals surface area contributed by atoms with Crippen molar-refractivity contribution in [2.75, 3.05) is 26.9 Å². The molecule has 12 nitrogen and oxygen atoms in total. The number of hydrogen-bond acceptors (Lipinski definition) is 10. The molecular weight excluding hydrogens is 726 g/mol. The summed E-state index contributed by atoms with van der Waals surface area (Å²) in [4.78, 5) is 24.6. The number of urea groups is 1. The van der Waals surface area contributed by atoms with Gasteiger partial charge in [-0.3, -0.25) is 5.43 Å². The molecule has 0 radical (unpaired) electrons. The number of nitrogens with one attached hydrogen (secondary N) is 3. The summed E-state index contributed by atoms with van der Waals surface area (Å²) in [6.45, 7) is 6.09. The third-order valence-corrected chi connectivity index (χ3v) is 7.54. The topological polar surface area (TPSA) is 149 Å². The van der Waals surface area contributed by atoms with Crippen LogP contribution in [0.5, 0.6) is 23.0 Å². The molecule has 47 heavy (non-hydrogen) atoms. The lowest BCUT2D eigenvalue weighted by atomic mass is 9.95. The summed E-state index contributed by atoms with van der Waals surface area (Å²) in [6.07, 6.45) is 0.351. The zero-order chi connectivity index (χ0) is 33.9. The molecule has 1 heterocycles. The van der Waals surface area contributed by atoms with Gasteiger partial charge < -0.3 is 39.4 Å². The van der Waals surface area contributed by atoms with E-state index < -0.39 is 24.3 Å². The average Bonchev–Trinajstić information content (AvgIpc) is 3.04. The Kier molecular flexibility index (Phi) is 12.6. The van der Waals surface area contributed by atoms with Gasteiger partial charge in [-0.2, -0.15) is 5.10 Å². The zero-order valence-corrected chi connectivity index (χ0v) is 28.4. The molecule has 0 saturated heterocycles. The molecule has 2 amide bonds. The van der Waals surface area contributed by atoms with Gasteiger partial charge in [0, 0.05) is 5.70 Å². The minimum atomic E-state index is -1.18. The third kappa shape index (κ3) is 9.48. The van der Waals surface area contributed by atoms with E-state index in [9.17, 15) is 19.1 Å². The van der Waals surface area contributed by atoms with E-state index in [4.69, 9.17) is 23.7 Å². The number of ether oxygens (including phenoxy) is 5. The van der Waals surface area contributed by atoms with E-state index in [1.54, 1.807) is 50.2 Å². The van der Waals surface area contributed by atoms with Crippen LogP contribution in [0, 0.1) is 9.39 Å². The van der Waals surface area contributed by atoms with Crippen LogP contribution in [0.1, 0.15) is 43.5 Å². The van der Waals surface area contributed by atoms with Crippen molar-refractivity contribution >= 4 is 40.8 Å². The van der Waals surface area contributed by atoms with Crippen LogP contribution >= 0.6 is 22.6 Å². The molecule has 14 heteroatoms. The molecule has 0 aliphatic carbocycles. The molecule has 0 bridgehead atoms. The first-order valence-corrected chi connectivity index (χ1v) is 15.8. The minimum Gasteiger partial charge on any atom is -0.490 e. The molecule has 1 aliphatic heterocycles. The van der Waals surface area contributed by atoms with Crippen molar-refractivity contribution in [1.29, 1.82) is 0 Å². The lowest BCUT2D eigenvalue weighted by molar-refractivity contribution is -0.136. The standard InChI is InChI=1S/C33H36FIN4O8/c1-5-44-26-15-22(30-29(32(41)43-4)19(3)37-33(42)38-30)9-12-25(26)46-18-28(40)39-36-16-21-13-24(35)31(27(14-21)45-6-2)47-17-20-7-10-23(34)11-8-20/h7-16,28,30,39-40H,5-6,17-18H2,1-4H3,(H2,37,38,42)/b36-16-/t28-,30+/m0/s1. The van der Waals surface area contributed by atoms with Crippen LogP contribution in [0.25, 0.3) is 0 Å². The van der Waals surface area contributed by atoms with Gasteiger partial charge in [0.1, 0.15) is 19.0 Å². The van der Waals surface area contributed by atoms with Gasteiger partial charge >= 0.3 is 12.0 Å². The molecule has 0 unspecified atom stereocenters. The maximum Gasteiger partial charge on any atom is 0.337 e. The highest BCUT2D eigenvalue weighted by molar-refractivity contribution is 14.1. The molecule has 0 spiro atoms. The highest BCUT2D eigenvalue weighted by Crippen LogP contribution is 2.36. The van der Waals surface area contributed by atoms with E-state index in [0.29, 0.717) is 53.0 Å². The third-order valence-electron chi connectivity index (χ3n) is 6.74. The van der Waals surface area contributed by atoms with Gasteiger partial charge in [0.25, 0.3) is 0 Å². The van der Waals surface area contributed by atoms with Crippen molar-refractivity contribution in [3.05, 3.63) is 91.9 Å². The number of benzene rings is 3. The largest absolute Gasteiger partial charge is 0.490 e. The number of aliphatic hydroxyl groups is 1. The Morgan fingerprint density at radius 3 is 2.47 bits per heavy atom. The molecule has 3 aromatic carbocycles. The van der Waals surface area contributed by atoms with E-state index in [2.05, 4.69) is 43.8 Å². The lowest BCUT2D eigenvalue weighted by Crippen LogP contribution is -2.45. The molecule has 3 aromatic rings. The number of methoxy groups -OCH3 is 1. The van der Waals surface area contributed by atoms with Crippen molar-refractivity contribution in [3.8, 4) is 23.0 Å². The second-order valence-electron chi connectivity index (χ2n) is 10.1. The molecular formula is C33H36FIN4O8. The fourth-order valence-electron chi connectivity index (χ4n) is 4.62. The van der Waals surface area contributed by atoms with E-state index >= 15 is 0 Å². The van der Waals surface area contributed by atoms with Gasteiger partial charge in [-0.05, 0) is 96.5 Å². The summed E-state index contributed by atoms with van der Waals surface area (Å²) in [5, 5.41) is 20.0. The first kappa shape index (κ1) is 35.3. The lowest BCUT2D eigenvalue weighted by Gasteiger charge is -2.28. The highest BCUT2D eigenvalue weighted by Gasteiger charge is 2.32. The highest BCUT2D eigenvalue weighted by atomic mass is 127. The van der Waals surface area contributed by atoms with Crippen LogP contribution in [-0.4, -0.2) is 56.5 Å². The van der Waals surface area contributed by atoms with Crippen LogP contribution in [0.3, 0.4) is 0 Å².